The average molecular weight is 650 g/mol. The Morgan fingerprint density at radius 2 is 1.22 bits per heavy atom. The molecule has 1 aliphatic carbocycles. The van der Waals surface area contributed by atoms with E-state index in [0.717, 1.165) is 44.3 Å². The maximum atomic E-state index is 13.4. The number of Topliss-reactive ketones (excluding diaryl/α,β-unsaturated/α-hetero) is 1. The van der Waals surface area contributed by atoms with Crippen molar-refractivity contribution in [3.8, 4) is 0 Å². The Morgan fingerprint density at radius 3 is 1.92 bits per heavy atom. The lowest BCUT2D eigenvalue weighted by Gasteiger charge is -2.11. The summed E-state index contributed by atoms with van der Waals surface area (Å²) in [7, 11) is 0. The summed E-state index contributed by atoms with van der Waals surface area (Å²) in [6.07, 6.45) is 23.8. The van der Waals surface area contributed by atoms with Gasteiger partial charge in [-0.05, 0) is 103 Å². The summed E-state index contributed by atoms with van der Waals surface area (Å²) in [6.45, 7) is 19.5. The van der Waals surface area contributed by atoms with E-state index in [0.29, 0.717) is 11.1 Å². The molecule has 0 spiro atoms. The second-order valence-electron chi connectivity index (χ2n) is 11.4. The van der Waals surface area contributed by atoms with Crippen LogP contribution in [0.25, 0.3) is 59.4 Å². The minimum absolute atomic E-state index is 0.0388. The van der Waals surface area contributed by atoms with Gasteiger partial charge in [-0.3, -0.25) is 4.79 Å². The molecule has 2 N–H and O–H groups in total. The molecular weight excluding hydrogens is 607 g/mol. The smallest absolute Gasteiger partial charge is 0.189 e. The zero-order valence-electron chi connectivity index (χ0n) is 28.7. The normalized spacial score (nSPS) is 14.9. The predicted octanol–water partition coefficient (Wildman–Crippen LogP) is 11.0. The number of rotatable bonds is 6. The SMILES string of the molecule is C=C.C=Cc1cc(C=C)c(C(=O)/C(C)=C\c2ccc3c(c2)\C=C/C=c2\cccc\c2=C\C=C/C=C/3)cc1C=C.Nc1ccc2ccccc2c1. The number of nitrogens with two attached hydrogens (primary N) is 1. The molecule has 2 nitrogen and oxygen atoms in total. The molecular formula is C48H43NO. The Morgan fingerprint density at radius 1 is 0.600 bits per heavy atom. The number of nitrogen functional groups attached to an aromatic ring is 1. The van der Waals surface area contributed by atoms with E-state index in [1.54, 1.807) is 18.2 Å². The molecule has 0 unspecified atom stereocenters. The highest BCUT2D eigenvalue weighted by Gasteiger charge is 2.14. The van der Waals surface area contributed by atoms with Crippen LogP contribution in [0.4, 0.5) is 5.69 Å². The van der Waals surface area contributed by atoms with Crippen LogP contribution in [0.5, 0.6) is 0 Å². The molecule has 0 atom stereocenters. The van der Waals surface area contributed by atoms with Crippen LogP contribution in [-0.2, 0) is 0 Å². The molecule has 0 fully saturated rings. The molecule has 50 heavy (non-hydrogen) atoms. The number of fused-ring (bicyclic) bond motifs is 3. The lowest BCUT2D eigenvalue weighted by atomic mass is 9.92. The van der Waals surface area contributed by atoms with Crippen molar-refractivity contribution in [3.63, 3.8) is 0 Å². The summed E-state index contributed by atoms with van der Waals surface area (Å²) in [4.78, 5) is 13.4. The Bertz CT molecular complexity index is 2290. The van der Waals surface area contributed by atoms with Crippen LogP contribution in [0.1, 0.15) is 50.7 Å². The fourth-order valence-corrected chi connectivity index (χ4v) is 5.54. The summed E-state index contributed by atoms with van der Waals surface area (Å²) in [5.74, 6) is -0.0388. The maximum Gasteiger partial charge on any atom is 0.189 e. The largest absolute Gasteiger partial charge is 0.399 e. The number of benzene rings is 5. The Labute approximate surface area is 296 Å². The van der Waals surface area contributed by atoms with E-state index in [2.05, 4.69) is 106 Å². The molecule has 246 valence electrons. The molecule has 0 radical (unpaired) electrons. The highest BCUT2D eigenvalue weighted by Crippen LogP contribution is 2.25. The van der Waals surface area contributed by atoms with Crippen LogP contribution in [0.15, 0.2) is 160 Å². The second-order valence-corrected chi connectivity index (χ2v) is 11.4. The van der Waals surface area contributed by atoms with E-state index in [4.69, 9.17) is 5.73 Å². The van der Waals surface area contributed by atoms with E-state index in [1.807, 2.05) is 85.8 Å². The molecule has 0 saturated carbocycles. The van der Waals surface area contributed by atoms with Crippen molar-refractivity contribution < 1.29 is 4.79 Å². The molecule has 0 aliphatic heterocycles. The first-order valence-electron chi connectivity index (χ1n) is 16.4. The van der Waals surface area contributed by atoms with Crippen molar-refractivity contribution in [2.75, 3.05) is 5.73 Å². The number of hydrogen-bond acceptors (Lipinski definition) is 2. The summed E-state index contributed by atoms with van der Waals surface area (Å²) in [5, 5.41) is 4.77. The van der Waals surface area contributed by atoms with Gasteiger partial charge >= 0.3 is 0 Å². The minimum Gasteiger partial charge on any atom is -0.399 e. The maximum absolute atomic E-state index is 13.4. The molecule has 6 rings (SSSR count). The van der Waals surface area contributed by atoms with Crippen LogP contribution < -0.4 is 16.2 Å². The highest BCUT2D eigenvalue weighted by molar-refractivity contribution is 6.13. The van der Waals surface area contributed by atoms with Crippen molar-refractivity contribution in [3.05, 3.63) is 209 Å². The number of ketones is 1. The van der Waals surface area contributed by atoms with Crippen LogP contribution in [0, 0.1) is 0 Å². The van der Waals surface area contributed by atoms with Gasteiger partial charge in [0.1, 0.15) is 0 Å². The Kier molecular flexibility index (Phi) is 13.2. The monoisotopic (exact) mass is 649 g/mol. The van der Waals surface area contributed by atoms with Gasteiger partial charge in [0, 0.05) is 11.3 Å². The summed E-state index contributed by atoms with van der Waals surface area (Å²) in [6, 6.07) is 32.5. The number of anilines is 1. The van der Waals surface area contributed by atoms with Gasteiger partial charge in [-0.2, -0.15) is 0 Å². The van der Waals surface area contributed by atoms with Gasteiger partial charge in [-0.25, -0.2) is 0 Å². The topological polar surface area (TPSA) is 43.1 Å². The molecule has 5 aromatic rings. The molecule has 2 heteroatoms. The Balaban J connectivity index is 0.000000361. The van der Waals surface area contributed by atoms with E-state index < -0.39 is 0 Å². The second kappa shape index (κ2) is 18.1. The van der Waals surface area contributed by atoms with Crippen molar-refractivity contribution in [1.29, 1.82) is 0 Å². The van der Waals surface area contributed by atoms with Gasteiger partial charge in [0.2, 0.25) is 0 Å². The number of carbonyl (C=O) groups is 1. The third kappa shape index (κ3) is 9.31. The lowest BCUT2D eigenvalue weighted by molar-refractivity contribution is 0.103. The van der Waals surface area contributed by atoms with Crippen LogP contribution in [-0.4, -0.2) is 5.78 Å². The summed E-state index contributed by atoms with van der Waals surface area (Å²) < 4.78 is 0. The van der Waals surface area contributed by atoms with E-state index >= 15 is 0 Å². The van der Waals surface area contributed by atoms with Gasteiger partial charge in [0.05, 0.1) is 0 Å². The lowest BCUT2D eigenvalue weighted by Crippen LogP contribution is -2.22. The standard InChI is InChI=1S/C36H30O.C10H9N.C2H4/c1-5-28-24-30(7-3)35(25-29(28)6-2)36(37)26(4)22-27-20-21-33-15-10-8-9-14-31-16-11-12-17-32(31)18-13-19-34(33)23-27;11-10-6-5-8-3-1-2-4-9(8)7-10;1-2/h5-25H,1-3H2,4H3;1-7H,11H2;1-2H2/b9-8-,10-8?,14-9?,15-10+,18-13?,19-13-,26-22-,31-14-,32-18+,33-15?,34-19?;;. The quantitative estimate of drug-likeness (QED) is 0.0861. The van der Waals surface area contributed by atoms with Crippen molar-refractivity contribution >= 4 is 70.9 Å². The fourth-order valence-electron chi connectivity index (χ4n) is 5.54. The number of hydrogen-bond donors (Lipinski definition) is 1. The Hall–Kier alpha value is -6.51. The third-order valence-corrected chi connectivity index (χ3v) is 8.11. The van der Waals surface area contributed by atoms with Gasteiger partial charge in [0.15, 0.2) is 5.78 Å². The molecule has 0 bridgehead atoms. The highest BCUT2D eigenvalue weighted by atomic mass is 16.1. The van der Waals surface area contributed by atoms with E-state index in [1.165, 1.54) is 16.0 Å². The van der Waals surface area contributed by atoms with Crippen LogP contribution in [0.3, 0.4) is 0 Å². The predicted molar refractivity (Wildman–Crippen MR) is 223 cm³/mol. The van der Waals surface area contributed by atoms with Gasteiger partial charge in [0.25, 0.3) is 0 Å². The van der Waals surface area contributed by atoms with Crippen molar-refractivity contribution in [1.82, 2.24) is 0 Å². The van der Waals surface area contributed by atoms with Crippen molar-refractivity contribution in [2.24, 2.45) is 0 Å². The zero-order chi connectivity index (χ0) is 35.9. The molecule has 0 aromatic heterocycles. The summed E-state index contributed by atoms with van der Waals surface area (Å²) >= 11 is 0. The molecule has 0 amide bonds. The first-order chi connectivity index (χ1) is 24.4. The first-order valence-corrected chi connectivity index (χ1v) is 16.4. The molecule has 0 heterocycles. The van der Waals surface area contributed by atoms with E-state index in [9.17, 15) is 4.79 Å². The molecule has 0 saturated heterocycles. The first kappa shape index (κ1) is 36.3. The van der Waals surface area contributed by atoms with Crippen LogP contribution in [0.2, 0.25) is 0 Å². The van der Waals surface area contributed by atoms with E-state index in [-0.39, 0.29) is 5.78 Å². The van der Waals surface area contributed by atoms with Gasteiger partial charge in [-0.1, -0.05) is 153 Å². The average Bonchev–Trinajstić information content (AvgIpc) is 3.15. The number of carbonyl (C=O) groups excluding carboxylic acids is 1. The molecule has 1 aliphatic rings. The zero-order valence-corrected chi connectivity index (χ0v) is 28.7. The minimum atomic E-state index is -0.0388. The summed E-state index contributed by atoms with van der Waals surface area (Å²) in [5.41, 5.74) is 13.4. The fraction of sp³-hybridized carbons (Fsp3) is 0.0208. The van der Waals surface area contributed by atoms with Crippen LogP contribution >= 0.6 is 0 Å². The molecule has 5 aromatic carbocycles. The number of allylic oxidation sites excluding steroid dienone is 5. The van der Waals surface area contributed by atoms with Gasteiger partial charge < -0.3 is 5.73 Å². The van der Waals surface area contributed by atoms with Gasteiger partial charge in [-0.15, -0.1) is 13.2 Å². The third-order valence-electron chi connectivity index (χ3n) is 8.11. The van der Waals surface area contributed by atoms with Crippen molar-refractivity contribution in [2.45, 2.75) is 6.92 Å².